The van der Waals surface area contributed by atoms with Crippen LogP contribution in [0.5, 0.6) is 0 Å². The van der Waals surface area contributed by atoms with E-state index in [2.05, 4.69) is 4.90 Å². The molecule has 3 heterocycles. The van der Waals surface area contributed by atoms with Gasteiger partial charge in [-0.1, -0.05) is 0 Å². The molecule has 3 aliphatic rings. The summed E-state index contributed by atoms with van der Waals surface area (Å²) >= 11 is 0. The van der Waals surface area contributed by atoms with Gasteiger partial charge in [-0.25, -0.2) is 0 Å². The van der Waals surface area contributed by atoms with Crippen molar-refractivity contribution in [2.75, 3.05) is 45.9 Å². The molecule has 114 valence electrons. The first-order valence-electron chi connectivity index (χ1n) is 7.70. The lowest BCUT2D eigenvalue weighted by molar-refractivity contribution is -0.186. The normalized spacial score (nSPS) is 28.1. The molecule has 3 rings (SSSR count). The van der Waals surface area contributed by atoms with Gasteiger partial charge in [0, 0.05) is 45.1 Å². The van der Waals surface area contributed by atoms with E-state index in [4.69, 9.17) is 15.2 Å². The van der Waals surface area contributed by atoms with Gasteiger partial charge in [-0.05, 0) is 12.8 Å². The van der Waals surface area contributed by atoms with Gasteiger partial charge < -0.3 is 20.1 Å². The summed E-state index contributed by atoms with van der Waals surface area (Å²) in [7, 11) is 0. The summed E-state index contributed by atoms with van der Waals surface area (Å²) in [4.78, 5) is 16.4. The summed E-state index contributed by atoms with van der Waals surface area (Å²) < 4.78 is 11.4. The number of nitrogens with two attached hydrogens (primary N) is 1. The van der Waals surface area contributed by atoms with Gasteiger partial charge in [0.2, 0.25) is 5.91 Å². The fraction of sp³-hybridized carbons (Fsp3) is 0.929. The highest BCUT2D eigenvalue weighted by atomic mass is 16.7. The largest absolute Gasteiger partial charge is 0.347 e. The van der Waals surface area contributed by atoms with E-state index in [9.17, 15) is 4.79 Å². The molecular weight excluding hydrogens is 258 g/mol. The maximum absolute atomic E-state index is 12.3. The first-order chi connectivity index (χ1) is 9.67. The smallest absolute Gasteiger partial charge is 0.236 e. The molecule has 0 bridgehead atoms. The summed E-state index contributed by atoms with van der Waals surface area (Å²) in [6.45, 7) is 5.29. The Labute approximate surface area is 120 Å². The highest BCUT2D eigenvalue weighted by Gasteiger charge is 2.40. The predicted molar refractivity (Wildman–Crippen MR) is 74.1 cm³/mol. The monoisotopic (exact) mass is 283 g/mol. The molecule has 0 aromatic rings. The zero-order valence-electron chi connectivity index (χ0n) is 12.1. The Bertz CT molecular complexity index is 340. The van der Waals surface area contributed by atoms with Crippen LogP contribution in [0.25, 0.3) is 0 Å². The Morgan fingerprint density at radius 1 is 1.10 bits per heavy atom. The van der Waals surface area contributed by atoms with Gasteiger partial charge in [-0.2, -0.15) is 0 Å². The van der Waals surface area contributed by atoms with Crippen molar-refractivity contribution in [1.82, 2.24) is 9.80 Å². The fourth-order valence-corrected chi connectivity index (χ4v) is 3.28. The number of amides is 1. The third kappa shape index (κ3) is 3.14. The quantitative estimate of drug-likeness (QED) is 0.758. The Balaban J connectivity index is 1.43. The first kappa shape index (κ1) is 14.3. The SMILES string of the molecule is NC1CCN(C(=O)CN2CCC3(CC2)OCCO3)CC1. The second kappa shape index (κ2) is 5.97. The van der Waals surface area contributed by atoms with Crippen LogP contribution in [-0.2, 0) is 14.3 Å². The summed E-state index contributed by atoms with van der Waals surface area (Å²) in [6, 6.07) is 0.269. The number of nitrogens with zero attached hydrogens (tertiary/aromatic N) is 2. The average molecular weight is 283 g/mol. The second-order valence-corrected chi connectivity index (χ2v) is 6.10. The molecule has 2 N–H and O–H groups in total. The van der Waals surface area contributed by atoms with Crippen molar-refractivity contribution in [3.63, 3.8) is 0 Å². The van der Waals surface area contributed by atoms with Gasteiger partial charge in [0.05, 0.1) is 19.8 Å². The molecule has 1 spiro atoms. The van der Waals surface area contributed by atoms with Gasteiger partial charge in [0.15, 0.2) is 5.79 Å². The lowest BCUT2D eigenvalue weighted by Crippen LogP contribution is -2.50. The van der Waals surface area contributed by atoms with Crippen LogP contribution < -0.4 is 5.73 Å². The average Bonchev–Trinajstić information content (AvgIpc) is 2.91. The minimum atomic E-state index is -0.350. The van der Waals surface area contributed by atoms with Crippen molar-refractivity contribution in [2.24, 2.45) is 5.73 Å². The van der Waals surface area contributed by atoms with E-state index in [0.29, 0.717) is 19.8 Å². The molecule has 0 unspecified atom stereocenters. The number of carbonyl (C=O) groups is 1. The molecule has 3 aliphatic heterocycles. The van der Waals surface area contributed by atoms with Crippen LogP contribution in [0.2, 0.25) is 0 Å². The fourth-order valence-electron chi connectivity index (χ4n) is 3.28. The maximum Gasteiger partial charge on any atom is 0.236 e. The minimum absolute atomic E-state index is 0.237. The molecule has 0 aliphatic carbocycles. The minimum Gasteiger partial charge on any atom is -0.347 e. The molecule has 3 fully saturated rings. The first-order valence-corrected chi connectivity index (χ1v) is 7.70. The molecule has 1 amide bonds. The van der Waals surface area contributed by atoms with Crippen molar-refractivity contribution in [3.8, 4) is 0 Å². The third-order valence-electron chi connectivity index (χ3n) is 4.68. The van der Waals surface area contributed by atoms with E-state index in [1.807, 2.05) is 4.90 Å². The maximum atomic E-state index is 12.3. The van der Waals surface area contributed by atoms with E-state index in [1.165, 1.54) is 0 Å². The van der Waals surface area contributed by atoms with Crippen molar-refractivity contribution in [1.29, 1.82) is 0 Å². The number of piperidine rings is 2. The van der Waals surface area contributed by atoms with Gasteiger partial charge in [-0.15, -0.1) is 0 Å². The molecule has 6 nitrogen and oxygen atoms in total. The molecule has 0 aromatic heterocycles. The number of hydrogen-bond acceptors (Lipinski definition) is 5. The number of carbonyl (C=O) groups excluding carboxylic acids is 1. The second-order valence-electron chi connectivity index (χ2n) is 6.10. The topological polar surface area (TPSA) is 68.0 Å². The summed E-state index contributed by atoms with van der Waals surface area (Å²) in [5.41, 5.74) is 5.87. The Morgan fingerprint density at radius 2 is 1.70 bits per heavy atom. The van der Waals surface area contributed by atoms with Crippen LogP contribution in [0, 0.1) is 0 Å². The number of ether oxygens (including phenoxy) is 2. The van der Waals surface area contributed by atoms with E-state index < -0.39 is 0 Å². The van der Waals surface area contributed by atoms with E-state index >= 15 is 0 Å². The van der Waals surface area contributed by atoms with Crippen LogP contribution in [0.4, 0.5) is 0 Å². The van der Waals surface area contributed by atoms with Crippen LogP contribution in [-0.4, -0.2) is 73.5 Å². The zero-order valence-corrected chi connectivity index (χ0v) is 12.1. The van der Waals surface area contributed by atoms with Gasteiger partial charge in [0.1, 0.15) is 0 Å². The van der Waals surface area contributed by atoms with Crippen LogP contribution in [0.1, 0.15) is 25.7 Å². The molecule has 0 radical (unpaired) electrons. The van der Waals surface area contributed by atoms with Crippen molar-refractivity contribution in [2.45, 2.75) is 37.5 Å². The molecule has 0 atom stereocenters. The number of hydrogen-bond donors (Lipinski definition) is 1. The zero-order chi connectivity index (χ0) is 14.0. The van der Waals surface area contributed by atoms with Crippen molar-refractivity contribution >= 4 is 5.91 Å². The van der Waals surface area contributed by atoms with E-state index in [0.717, 1.165) is 51.9 Å². The highest BCUT2D eigenvalue weighted by molar-refractivity contribution is 5.78. The summed E-state index contributed by atoms with van der Waals surface area (Å²) in [5.74, 6) is -0.113. The summed E-state index contributed by atoms with van der Waals surface area (Å²) in [6.07, 6.45) is 3.59. The summed E-state index contributed by atoms with van der Waals surface area (Å²) in [5, 5.41) is 0. The lowest BCUT2D eigenvalue weighted by atomic mass is 10.0. The Hall–Kier alpha value is -0.690. The Morgan fingerprint density at radius 3 is 2.30 bits per heavy atom. The molecule has 6 heteroatoms. The van der Waals surface area contributed by atoms with Crippen LogP contribution >= 0.6 is 0 Å². The van der Waals surface area contributed by atoms with Crippen LogP contribution in [0.15, 0.2) is 0 Å². The Kier molecular flexibility index (Phi) is 4.26. The standard InChI is InChI=1S/C14H25N3O3/c15-12-1-5-17(6-2-12)13(18)11-16-7-3-14(4-8-16)19-9-10-20-14/h12H,1-11,15H2. The van der Waals surface area contributed by atoms with Gasteiger partial charge in [0.25, 0.3) is 0 Å². The van der Waals surface area contributed by atoms with E-state index in [1.54, 1.807) is 0 Å². The van der Waals surface area contributed by atoms with Crippen molar-refractivity contribution < 1.29 is 14.3 Å². The molecule has 0 aromatic carbocycles. The van der Waals surface area contributed by atoms with Gasteiger partial charge >= 0.3 is 0 Å². The third-order valence-corrected chi connectivity index (χ3v) is 4.68. The van der Waals surface area contributed by atoms with Crippen LogP contribution in [0.3, 0.4) is 0 Å². The van der Waals surface area contributed by atoms with Gasteiger partial charge in [-0.3, -0.25) is 9.69 Å². The molecule has 20 heavy (non-hydrogen) atoms. The predicted octanol–water partition coefficient (Wildman–Crippen LogP) is -0.225. The highest BCUT2D eigenvalue weighted by Crippen LogP contribution is 2.31. The molecule has 3 saturated heterocycles. The molecular formula is C14H25N3O3. The molecule has 0 saturated carbocycles. The van der Waals surface area contributed by atoms with Crippen molar-refractivity contribution in [3.05, 3.63) is 0 Å². The lowest BCUT2D eigenvalue weighted by Gasteiger charge is -2.38. The van der Waals surface area contributed by atoms with E-state index in [-0.39, 0.29) is 17.7 Å². The number of rotatable bonds is 2. The number of likely N-dealkylation sites (tertiary alicyclic amines) is 2.